The van der Waals surface area contributed by atoms with Crippen LogP contribution in [-0.4, -0.2) is 15.8 Å². The fourth-order valence-corrected chi connectivity index (χ4v) is 2.49. The van der Waals surface area contributed by atoms with E-state index in [4.69, 9.17) is 0 Å². The van der Waals surface area contributed by atoms with Gasteiger partial charge in [-0.15, -0.1) is 0 Å². The van der Waals surface area contributed by atoms with Gasteiger partial charge in [-0.1, -0.05) is 6.07 Å². The highest BCUT2D eigenvalue weighted by molar-refractivity contribution is 5.40. The molecule has 1 aliphatic carbocycles. The highest BCUT2D eigenvalue weighted by Gasteiger charge is 2.20. The number of hydrogen-bond donors (Lipinski definition) is 1. The Morgan fingerprint density at radius 2 is 1.84 bits per heavy atom. The summed E-state index contributed by atoms with van der Waals surface area (Å²) in [7, 11) is 0. The summed E-state index contributed by atoms with van der Waals surface area (Å²) in [4.78, 5) is 0. The summed E-state index contributed by atoms with van der Waals surface area (Å²) in [5, 5.41) is 8.09. The lowest BCUT2D eigenvalue weighted by Gasteiger charge is -2.08. The number of aryl methyl sites for hydroxylation is 2. The van der Waals surface area contributed by atoms with Gasteiger partial charge in [0, 0.05) is 23.8 Å². The van der Waals surface area contributed by atoms with Gasteiger partial charge < -0.3 is 5.32 Å². The summed E-state index contributed by atoms with van der Waals surface area (Å²) in [6.45, 7) is 7.34. The second-order valence-electron chi connectivity index (χ2n) is 5.67. The second kappa shape index (κ2) is 4.82. The Hall–Kier alpha value is -1.61. The molecule has 1 aromatic heterocycles. The molecule has 1 N–H and O–H groups in total. The summed E-state index contributed by atoms with van der Waals surface area (Å²) in [6, 6.07) is 7.30. The standard InChI is InChI=1S/C16H21N3/c1-11-6-12(2)8-16(7-11)19-13(3)14(10-18-19)9-17-15-4-5-15/h6-8,10,15,17H,4-5,9H2,1-3H3. The van der Waals surface area contributed by atoms with Gasteiger partial charge in [0.15, 0.2) is 0 Å². The molecule has 0 saturated heterocycles. The van der Waals surface area contributed by atoms with Crippen molar-refractivity contribution in [1.82, 2.24) is 15.1 Å². The van der Waals surface area contributed by atoms with Crippen molar-refractivity contribution in [1.29, 1.82) is 0 Å². The lowest BCUT2D eigenvalue weighted by atomic mass is 10.1. The third-order valence-corrected chi connectivity index (χ3v) is 3.72. The molecule has 100 valence electrons. The monoisotopic (exact) mass is 255 g/mol. The third kappa shape index (κ3) is 2.71. The predicted octanol–water partition coefficient (Wildman–Crippen LogP) is 3.05. The van der Waals surface area contributed by atoms with Gasteiger partial charge in [-0.05, 0) is 56.9 Å². The molecule has 1 saturated carbocycles. The Balaban J connectivity index is 1.87. The molecule has 1 heterocycles. The molecule has 3 nitrogen and oxygen atoms in total. The minimum Gasteiger partial charge on any atom is -0.310 e. The normalized spacial score (nSPS) is 14.9. The van der Waals surface area contributed by atoms with Crippen molar-refractivity contribution >= 4 is 0 Å². The first-order chi connectivity index (χ1) is 9.13. The van der Waals surface area contributed by atoms with Crippen molar-refractivity contribution in [2.75, 3.05) is 0 Å². The Morgan fingerprint density at radius 3 is 2.47 bits per heavy atom. The molecule has 2 aromatic rings. The summed E-state index contributed by atoms with van der Waals surface area (Å²) < 4.78 is 2.05. The molecule has 1 aliphatic rings. The van der Waals surface area contributed by atoms with E-state index < -0.39 is 0 Å². The van der Waals surface area contributed by atoms with Crippen molar-refractivity contribution in [3.63, 3.8) is 0 Å². The molecule has 0 spiro atoms. The Kier molecular flexibility index (Phi) is 3.15. The topological polar surface area (TPSA) is 29.9 Å². The van der Waals surface area contributed by atoms with Gasteiger partial charge in [-0.3, -0.25) is 0 Å². The SMILES string of the molecule is Cc1cc(C)cc(-n2ncc(CNC3CC3)c2C)c1. The number of hydrogen-bond acceptors (Lipinski definition) is 2. The number of rotatable bonds is 4. The Bertz CT molecular complexity index is 574. The maximum Gasteiger partial charge on any atom is 0.0654 e. The molecular weight excluding hydrogens is 234 g/mol. The summed E-state index contributed by atoms with van der Waals surface area (Å²) in [6.07, 6.45) is 4.64. The minimum atomic E-state index is 0.740. The molecule has 0 radical (unpaired) electrons. The fourth-order valence-electron chi connectivity index (χ4n) is 2.49. The van der Waals surface area contributed by atoms with E-state index in [1.807, 2.05) is 10.9 Å². The van der Waals surface area contributed by atoms with Crippen LogP contribution in [0.4, 0.5) is 0 Å². The third-order valence-electron chi connectivity index (χ3n) is 3.72. The van der Waals surface area contributed by atoms with Crippen LogP contribution in [0.1, 0.15) is 35.2 Å². The Morgan fingerprint density at radius 1 is 1.16 bits per heavy atom. The zero-order valence-corrected chi connectivity index (χ0v) is 11.9. The van der Waals surface area contributed by atoms with Gasteiger partial charge in [0.05, 0.1) is 11.9 Å². The molecule has 1 aromatic carbocycles. The van der Waals surface area contributed by atoms with Crippen LogP contribution in [0.2, 0.25) is 0 Å². The number of nitrogens with zero attached hydrogens (tertiary/aromatic N) is 2. The second-order valence-corrected chi connectivity index (χ2v) is 5.67. The van der Waals surface area contributed by atoms with Crippen molar-refractivity contribution in [3.8, 4) is 5.69 Å². The van der Waals surface area contributed by atoms with Crippen molar-refractivity contribution in [2.24, 2.45) is 0 Å². The van der Waals surface area contributed by atoms with E-state index in [1.54, 1.807) is 0 Å². The number of benzene rings is 1. The zero-order valence-electron chi connectivity index (χ0n) is 11.9. The van der Waals surface area contributed by atoms with E-state index >= 15 is 0 Å². The maximum atomic E-state index is 4.54. The number of nitrogens with one attached hydrogen (secondary N) is 1. The largest absolute Gasteiger partial charge is 0.310 e. The maximum absolute atomic E-state index is 4.54. The average molecular weight is 255 g/mol. The first-order valence-corrected chi connectivity index (χ1v) is 6.99. The van der Waals surface area contributed by atoms with E-state index in [1.165, 1.54) is 35.2 Å². The van der Waals surface area contributed by atoms with E-state index in [0.29, 0.717) is 0 Å². The fraction of sp³-hybridized carbons (Fsp3) is 0.438. The summed E-state index contributed by atoms with van der Waals surface area (Å²) in [5.41, 5.74) is 6.25. The van der Waals surface area contributed by atoms with Gasteiger partial charge >= 0.3 is 0 Å². The smallest absolute Gasteiger partial charge is 0.0654 e. The van der Waals surface area contributed by atoms with Crippen molar-refractivity contribution in [2.45, 2.75) is 46.2 Å². The molecule has 0 amide bonds. The van der Waals surface area contributed by atoms with Gasteiger partial charge in [0.2, 0.25) is 0 Å². The van der Waals surface area contributed by atoms with E-state index in [2.05, 4.69) is 49.4 Å². The van der Waals surface area contributed by atoms with Gasteiger partial charge in [-0.2, -0.15) is 5.10 Å². The molecule has 19 heavy (non-hydrogen) atoms. The average Bonchev–Trinajstić information content (AvgIpc) is 3.09. The highest BCUT2D eigenvalue weighted by atomic mass is 15.3. The van der Waals surface area contributed by atoms with Gasteiger partial charge in [-0.25, -0.2) is 4.68 Å². The summed E-state index contributed by atoms with van der Waals surface area (Å²) in [5.74, 6) is 0. The van der Waals surface area contributed by atoms with Gasteiger partial charge in [0.1, 0.15) is 0 Å². The predicted molar refractivity (Wildman–Crippen MR) is 77.6 cm³/mol. The zero-order chi connectivity index (χ0) is 13.4. The van der Waals surface area contributed by atoms with E-state index in [-0.39, 0.29) is 0 Å². The van der Waals surface area contributed by atoms with Crippen LogP contribution in [0.3, 0.4) is 0 Å². The van der Waals surface area contributed by atoms with Crippen LogP contribution < -0.4 is 5.32 Å². The van der Waals surface area contributed by atoms with Crippen LogP contribution in [-0.2, 0) is 6.54 Å². The van der Waals surface area contributed by atoms with E-state index in [0.717, 1.165) is 18.3 Å². The first-order valence-electron chi connectivity index (χ1n) is 6.99. The molecule has 0 bridgehead atoms. The van der Waals surface area contributed by atoms with Crippen LogP contribution >= 0.6 is 0 Å². The molecule has 3 rings (SSSR count). The van der Waals surface area contributed by atoms with Crippen LogP contribution in [0.25, 0.3) is 5.69 Å². The molecule has 1 fully saturated rings. The number of aromatic nitrogens is 2. The lowest BCUT2D eigenvalue weighted by Crippen LogP contribution is -2.15. The molecular formula is C16H21N3. The van der Waals surface area contributed by atoms with E-state index in [9.17, 15) is 0 Å². The minimum absolute atomic E-state index is 0.740. The highest BCUT2D eigenvalue weighted by Crippen LogP contribution is 2.21. The van der Waals surface area contributed by atoms with Crippen LogP contribution in [0.5, 0.6) is 0 Å². The molecule has 3 heteroatoms. The molecule has 0 aliphatic heterocycles. The summed E-state index contributed by atoms with van der Waals surface area (Å²) >= 11 is 0. The van der Waals surface area contributed by atoms with Crippen molar-refractivity contribution in [3.05, 3.63) is 46.8 Å². The van der Waals surface area contributed by atoms with Crippen LogP contribution in [0, 0.1) is 20.8 Å². The molecule has 0 unspecified atom stereocenters. The first kappa shape index (κ1) is 12.4. The Labute approximate surface area is 114 Å². The van der Waals surface area contributed by atoms with Crippen LogP contribution in [0.15, 0.2) is 24.4 Å². The molecule has 0 atom stereocenters. The quantitative estimate of drug-likeness (QED) is 0.910. The lowest BCUT2D eigenvalue weighted by molar-refractivity contribution is 0.684. The van der Waals surface area contributed by atoms with Crippen molar-refractivity contribution < 1.29 is 0 Å². The van der Waals surface area contributed by atoms with Gasteiger partial charge in [0.25, 0.3) is 0 Å².